The lowest BCUT2D eigenvalue weighted by atomic mass is 9.62. The molecule has 2 fully saturated rings. The van der Waals surface area contributed by atoms with E-state index < -0.39 is 11.4 Å². The molecule has 1 N–H and O–H groups in total. The Labute approximate surface area is 108 Å². The maximum absolute atomic E-state index is 12.3. The van der Waals surface area contributed by atoms with E-state index in [1.165, 1.54) is 0 Å². The minimum absolute atomic E-state index is 0.00132. The van der Waals surface area contributed by atoms with E-state index in [0.29, 0.717) is 6.42 Å². The summed E-state index contributed by atoms with van der Waals surface area (Å²) < 4.78 is 6.07. The molecule has 1 spiro atoms. The predicted molar refractivity (Wildman–Crippen MR) is 67.8 cm³/mol. The van der Waals surface area contributed by atoms with E-state index in [0.717, 1.165) is 18.4 Å². The third-order valence-corrected chi connectivity index (χ3v) is 4.97. The molecule has 2 heterocycles. The van der Waals surface area contributed by atoms with Crippen LogP contribution in [0.5, 0.6) is 0 Å². The van der Waals surface area contributed by atoms with Gasteiger partial charge in [0.15, 0.2) is 11.6 Å². The average molecular weight is 250 g/mol. The fraction of sp³-hybridized carbons (Fsp3) is 0.800. The SMILES string of the molecule is CC1=C[C@]23CC(C)(C)C[C@](O)(O2)[C@H](C)C[C@@H]3C1=O. The number of ketones is 1. The van der Waals surface area contributed by atoms with E-state index in [4.69, 9.17) is 4.74 Å². The molecule has 3 nitrogen and oxygen atoms in total. The van der Waals surface area contributed by atoms with Crippen molar-refractivity contribution in [3.8, 4) is 0 Å². The second kappa shape index (κ2) is 3.26. The second-order valence-electron chi connectivity index (χ2n) is 7.30. The fourth-order valence-corrected chi connectivity index (χ4v) is 4.33. The molecule has 0 amide bonds. The molecule has 2 aliphatic heterocycles. The molecule has 0 saturated carbocycles. The summed E-state index contributed by atoms with van der Waals surface area (Å²) in [6, 6.07) is 0. The number of Topliss-reactive ketones (excluding diaryl/α,β-unsaturated/α-hetero) is 1. The van der Waals surface area contributed by atoms with E-state index in [-0.39, 0.29) is 23.0 Å². The van der Waals surface area contributed by atoms with Crippen LogP contribution in [0.4, 0.5) is 0 Å². The first kappa shape index (κ1) is 12.4. The minimum Gasteiger partial charge on any atom is -0.365 e. The van der Waals surface area contributed by atoms with Crippen molar-refractivity contribution in [2.24, 2.45) is 17.3 Å². The molecule has 0 unspecified atom stereocenters. The summed E-state index contributed by atoms with van der Waals surface area (Å²) in [5, 5.41) is 10.8. The number of carbonyl (C=O) groups excluding carboxylic acids is 1. The normalized spacial score (nSPS) is 49.8. The standard InChI is InChI=1S/C15H22O3/c1-9-6-14-7-13(3,4)8-15(17,18-14)10(2)5-11(14)12(9)16/h6,10-11,17H,5,7-8H2,1-4H3/t10-,11-,14-,15+/m1/s1. The molecule has 0 aromatic rings. The zero-order chi connectivity index (χ0) is 13.3. The number of carbonyl (C=O) groups is 1. The van der Waals surface area contributed by atoms with Crippen molar-refractivity contribution in [2.45, 2.75) is 58.3 Å². The van der Waals surface area contributed by atoms with Crippen molar-refractivity contribution in [1.29, 1.82) is 0 Å². The number of hydrogen-bond acceptors (Lipinski definition) is 3. The highest BCUT2D eigenvalue weighted by Gasteiger charge is 2.63. The van der Waals surface area contributed by atoms with Gasteiger partial charge in [0, 0.05) is 12.3 Å². The molecule has 0 aromatic heterocycles. The van der Waals surface area contributed by atoms with Gasteiger partial charge in [0.25, 0.3) is 0 Å². The lowest BCUT2D eigenvalue weighted by Gasteiger charge is -2.58. The molecular formula is C15H22O3. The first-order chi connectivity index (χ1) is 8.18. The van der Waals surface area contributed by atoms with Crippen LogP contribution in [0.1, 0.15) is 47.0 Å². The third-order valence-electron chi connectivity index (χ3n) is 4.97. The van der Waals surface area contributed by atoms with Crippen LogP contribution < -0.4 is 0 Å². The van der Waals surface area contributed by atoms with Crippen LogP contribution in [0.3, 0.4) is 0 Å². The van der Waals surface area contributed by atoms with Crippen LogP contribution in [0, 0.1) is 17.3 Å². The van der Waals surface area contributed by atoms with Gasteiger partial charge in [-0.2, -0.15) is 0 Å². The Morgan fingerprint density at radius 1 is 1.39 bits per heavy atom. The number of ether oxygens (including phenoxy) is 1. The van der Waals surface area contributed by atoms with Crippen LogP contribution in [0.2, 0.25) is 0 Å². The van der Waals surface area contributed by atoms with Gasteiger partial charge in [-0.05, 0) is 36.8 Å². The first-order valence-electron chi connectivity index (χ1n) is 6.84. The molecule has 100 valence electrons. The maximum atomic E-state index is 12.3. The lowest BCUT2D eigenvalue weighted by molar-refractivity contribution is -0.352. The number of rotatable bonds is 0. The summed E-state index contributed by atoms with van der Waals surface area (Å²) in [5.41, 5.74) is 0.250. The van der Waals surface area contributed by atoms with Crippen LogP contribution in [0.15, 0.2) is 11.6 Å². The summed E-state index contributed by atoms with van der Waals surface area (Å²) in [6.45, 7) is 8.17. The van der Waals surface area contributed by atoms with Crippen LogP contribution in [0.25, 0.3) is 0 Å². The number of allylic oxidation sites excluding steroid dienone is 1. The van der Waals surface area contributed by atoms with Crippen LogP contribution in [-0.4, -0.2) is 22.3 Å². The van der Waals surface area contributed by atoms with Crippen molar-refractivity contribution in [1.82, 2.24) is 0 Å². The Balaban J connectivity index is 2.10. The number of hydrogen-bond donors (Lipinski definition) is 1. The van der Waals surface area contributed by atoms with Crippen molar-refractivity contribution in [2.75, 3.05) is 0 Å². The smallest absolute Gasteiger partial charge is 0.169 e. The largest absolute Gasteiger partial charge is 0.365 e. The van der Waals surface area contributed by atoms with Crippen molar-refractivity contribution >= 4 is 5.78 Å². The van der Waals surface area contributed by atoms with Crippen LogP contribution in [-0.2, 0) is 9.53 Å². The lowest BCUT2D eigenvalue weighted by Crippen LogP contribution is -2.63. The maximum Gasteiger partial charge on any atom is 0.169 e. The van der Waals surface area contributed by atoms with Gasteiger partial charge in [-0.15, -0.1) is 0 Å². The highest BCUT2D eigenvalue weighted by Crippen LogP contribution is 2.59. The molecule has 4 atom stereocenters. The second-order valence-corrected chi connectivity index (χ2v) is 7.30. The summed E-state index contributed by atoms with van der Waals surface area (Å²) in [5.74, 6) is -0.938. The first-order valence-corrected chi connectivity index (χ1v) is 6.84. The summed E-state index contributed by atoms with van der Waals surface area (Å²) in [7, 11) is 0. The molecule has 18 heavy (non-hydrogen) atoms. The molecule has 0 aromatic carbocycles. The van der Waals surface area contributed by atoms with E-state index >= 15 is 0 Å². The van der Waals surface area contributed by atoms with Gasteiger partial charge in [0.1, 0.15) is 5.60 Å². The molecule has 1 aliphatic carbocycles. The average Bonchev–Trinajstić information content (AvgIpc) is 2.38. The van der Waals surface area contributed by atoms with Crippen molar-refractivity contribution in [3.05, 3.63) is 11.6 Å². The Morgan fingerprint density at radius 3 is 2.72 bits per heavy atom. The van der Waals surface area contributed by atoms with Crippen molar-refractivity contribution in [3.63, 3.8) is 0 Å². The molecule has 3 heteroatoms. The topological polar surface area (TPSA) is 46.5 Å². The van der Waals surface area contributed by atoms with Gasteiger partial charge in [-0.3, -0.25) is 4.79 Å². The zero-order valence-electron chi connectivity index (χ0n) is 11.6. The fourth-order valence-electron chi connectivity index (χ4n) is 4.33. The molecule has 3 aliphatic rings. The highest BCUT2D eigenvalue weighted by molar-refractivity contribution is 6.00. The molecular weight excluding hydrogens is 228 g/mol. The van der Waals surface area contributed by atoms with E-state index in [1.54, 1.807) is 0 Å². The Morgan fingerprint density at radius 2 is 2.06 bits per heavy atom. The zero-order valence-corrected chi connectivity index (χ0v) is 11.6. The predicted octanol–water partition coefficient (Wildman–Crippen LogP) is 2.44. The molecule has 0 radical (unpaired) electrons. The van der Waals surface area contributed by atoms with Gasteiger partial charge in [-0.25, -0.2) is 0 Å². The van der Waals surface area contributed by atoms with Gasteiger partial charge < -0.3 is 9.84 Å². The molecule has 2 saturated heterocycles. The number of aliphatic hydroxyl groups is 1. The summed E-state index contributed by atoms with van der Waals surface area (Å²) in [4.78, 5) is 12.3. The van der Waals surface area contributed by atoms with Gasteiger partial charge in [0.05, 0.1) is 5.92 Å². The molecule has 3 rings (SSSR count). The van der Waals surface area contributed by atoms with Crippen LogP contribution >= 0.6 is 0 Å². The van der Waals surface area contributed by atoms with Gasteiger partial charge >= 0.3 is 0 Å². The highest BCUT2D eigenvalue weighted by atomic mass is 16.6. The van der Waals surface area contributed by atoms with E-state index in [2.05, 4.69) is 13.8 Å². The summed E-state index contributed by atoms with van der Waals surface area (Å²) >= 11 is 0. The Hall–Kier alpha value is -0.670. The van der Waals surface area contributed by atoms with Crippen molar-refractivity contribution < 1.29 is 14.6 Å². The Bertz CT molecular complexity index is 451. The quantitative estimate of drug-likeness (QED) is 0.718. The minimum atomic E-state index is -1.07. The third kappa shape index (κ3) is 1.47. The number of fused-ring (bicyclic) bond motifs is 1. The molecule has 2 bridgehead atoms. The Kier molecular flexibility index (Phi) is 2.24. The monoisotopic (exact) mass is 250 g/mol. The van der Waals surface area contributed by atoms with Gasteiger partial charge in [-0.1, -0.05) is 20.8 Å². The van der Waals surface area contributed by atoms with E-state index in [9.17, 15) is 9.90 Å². The van der Waals surface area contributed by atoms with Gasteiger partial charge in [0.2, 0.25) is 0 Å². The summed E-state index contributed by atoms with van der Waals surface area (Å²) in [6.07, 6.45) is 4.18. The van der Waals surface area contributed by atoms with E-state index in [1.807, 2.05) is 19.9 Å².